The van der Waals surface area contributed by atoms with E-state index in [4.69, 9.17) is 10.5 Å². The van der Waals surface area contributed by atoms with Crippen molar-refractivity contribution in [1.82, 2.24) is 4.90 Å². The molecular weight excluding hydrogens is 364 g/mol. The number of hydrogen-bond donors (Lipinski definition) is 2. The van der Waals surface area contributed by atoms with Crippen molar-refractivity contribution in [3.05, 3.63) is 23.8 Å². The number of amides is 1. The number of hydrogen-bond acceptors (Lipinski definition) is 5. The molecule has 0 radical (unpaired) electrons. The number of carbonyl (C=O) groups excluding carboxylic acids is 1. The second-order valence-corrected chi connectivity index (χ2v) is 8.92. The molecule has 1 aliphatic rings. The van der Waals surface area contributed by atoms with E-state index < -0.39 is 5.60 Å². The van der Waals surface area contributed by atoms with Crippen molar-refractivity contribution in [2.24, 2.45) is 5.73 Å². The summed E-state index contributed by atoms with van der Waals surface area (Å²) in [5.41, 5.74) is 9.24. The summed E-state index contributed by atoms with van der Waals surface area (Å²) in [6, 6.07) is 7.03. The first kappa shape index (κ1) is 23.3. The fourth-order valence-electron chi connectivity index (χ4n) is 3.95. The minimum atomic E-state index is -0.450. The monoisotopic (exact) mass is 404 g/mol. The smallest absolute Gasteiger partial charge is 0.410 e. The minimum Gasteiger partial charge on any atom is -0.444 e. The quantitative estimate of drug-likeness (QED) is 0.704. The van der Waals surface area contributed by atoms with E-state index in [1.807, 2.05) is 25.7 Å². The van der Waals surface area contributed by atoms with Gasteiger partial charge in [0.25, 0.3) is 0 Å². The largest absolute Gasteiger partial charge is 0.444 e. The predicted octanol–water partition coefficient (Wildman–Crippen LogP) is 4.41. The molecule has 0 spiro atoms. The normalized spacial score (nSPS) is 16.4. The molecule has 1 heterocycles. The van der Waals surface area contributed by atoms with Crippen molar-refractivity contribution in [1.29, 1.82) is 0 Å². The van der Waals surface area contributed by atoms with Crippen LogP contribution in [0.3, 0.4) is 0 Å². The summed E-state index contributed by atoms with van der Waals surface area (Å²) in [6.45, 7) is 16.1. The molecule has 1 amide bonds. The number of likely N-dealkylation sites (N-methyl/N-ethyl adjacent to an activating group) is 1. The van der Waals surface area contributed by atoms with Crippen LogP contribution in [0.2, 0.25) is 0 Å². The van der Waals surface area contributed by atoms with Gasteiger partial charge in [0.2, 0.25) is 0 Å². The third-order valence-electron chi connectivity index (χ3n) is 5.53. The van der Waals surface area contributed by atoms with Crippen LogP contribution in [0.1, 0.15) is 65.9 Å². The number of ether oxygens (including phenoxy) is 1. The number of nitrogens with two attached hydrogens (primary N) is 1. The summed E-state index contributed by atoms with van der Waals surface area (Å²) in [5.74, 6) is 0.454. The summed E-state index contributed by atoms with van der Waals surface area (Å²) in [5, 5.41) is 3.49. The number of rotatable bonds is 7. The molecule has 0 saturated carbocycles. The lowest BCUT2D eigenvalue weighted by Gasteiger charge is -2.35. The molecule has 1 atom stereocenters. The third kappa shape index (κ3) is 6.26. The number of benzene rings is 1. The molecule has 164 valence electrons. The number of piperidine rings is 1. The van der Waals surface area contributed by atoms with Gasteiger partial charge in [-0.15, -0.1) is 0 Å². The van der Waals surface area contributed by atoms with Gasteiger partial charge in [-0.3, -0.25) is 0 Å². The highest BCUT2D eigenvalue weighted by molar-refractivity contribution is 5.72. The van der Waals surface area contributed by atoms with Gasteiger partial charge in [-0.2, -0.15) is 0 Å². The van der Waals surface area contributed by atoms with E-state index in [1.165, 1.54) is 11.3 Å². The van der Waals surface area contributed by atoms with E-state index in [9.17, 15) is 4.79 Å². The van der Waals surface area contributed by atoms with Crippen molar-refractivity contribution in [2.45, 2.75) is 71.9 Å². The van der Waals surface area contributed by atoms with E-state index in [0.717, 1.165) is 44.7 Å². The molecule has 1 aliphatic heterocycles. The Labute approximate surface area is 176 Å². The van der Waals surface area contributed by atoms with Crippen molar-refractivity contribution < 1.29 is 9.53 Å². The Balaban J connectivity index is 2.15. The lowest BCUT2D eigenvalue weighted by Crippen LogP contribution is -2.41. The van der Waals surface area contributed by atoms with Gasteiger partial charge in [-0.05, 0) is 78.0 Å². The van der Waals surface area contributed by atoms with Gasteiger partial charge in [0.1, 0.15) is 5.60 Å². The van der Waals surface area contributed by atoms with E-state index in [1.54, 1.807) is 0 Å². The number of carbonyl (C=O) groups is 1. The van der Waals surface area contributed by atoms with E-state index in [-0.39, 0.29) is 12.1 Å². The third-order valence-corrected chi connectivity index (χ3v) is 5.53. The minimum absolute atomic E-state index is 0.201. The Morgan fingerprint density at radius 3 is 2.48 bits per heavy atom. The maximum absolute atomic E-state index is 12.3. The average molecular weight is 405 g/mol. The molecule has 1 aromatic carbocycles. The van der Waals surface area contributed by atoms with E-state index in [0.29, 0.717) is 12.5 Å². The lowest BCUT2D eigenvalue weighted by molar-refractivity contribution is 0.0205. The molecule has 0 aliphatic carbocycles. The highest BCUT2D eigenvalue weighted by atomic mass is 16.6. The zero-order valence-electron chi connectivity index (χ0n) is 19.1. The fourth-order valence-corrected chi connectivity index (χ4v) is 3.95. The van der Waals surface area contributed by atoms with E-state index >= 15 is 0 Å². The molecule has 3 N–H and O–H groups in total. The van der Waals surface area contributed by atoms with Crippen molar-refractivity contribution >= 4 is 17.5 Å². The second kappa shape index (κ2) is 10.2. The highest BCUT2D eigenvalue weighted by Gasteiger charge is 2.28. The van der Waals surface area contributed by atoms with Crippen LogP contribution in [0, 0.1) is 0 Å². The molecule has 6 heteroatoms. The summed E-state index contributed by atoms with van der Waals surface area (Å²) in [6.07, 6.45) is 1.71. The maximum atomic E-state index is 12.3. The van der Waals surface area contributed by atoms with E-state index in [2.05, 4.69) is 49.2 Å². The molecular formula is C23H40N4O2. The zero-order chi connectivity index (χ0) is 21.6. The van der Waals surface area contributed by atoms with Gasteiger partial charge < -0.3 is 25.6 Å². The van der Waals surface area contributed by atoms with Crippen LogP contribution in [-0.4, -0.2) is 55.4 Å². The Morgan fingerprint density at radius 2 is 1.97 bits per heavy atom. The molecule has 1 aromatic rings. The molecule has 29 heavy (non-hydrogen) atoms. The lowest BCUT2D eigenvalue weighted by atomic mass is 9.89. The number of anilines is 2. The summed E-state index contributed by atoms with van der Waals surface area (Å²) >= 11 is 0. The molecule has 1 fully saturated rings. The van der Waals surface area contributed by atoms with Gasteiger partial charge in [0.05, 0.1) is 11.4 Å². The first-order valence-corrected chi connectivity index (χ1v) is 11.0. The first-order chi connectivity index (χ1) is 13.7. The van der Waals surface area contributed by atoms with Gasteiger partial charge in [0, 0.05) is 38.8 Å². The molecule has 0 aromatic heterocycles. The standard InChI is InChI=1S/C23H40N4O2/c1-7-25-20-10-9-19(15-21(20)27(8-2)17(3)16-24)18-11-13-26(14-12-18)22(28)29-23(4,5)6/h9-10,15,17-18,25H,7-8,11-14,16,24H2,1-6H3. The van der Waals surface area contributed by atoms with Gasteiger partial charge in [0.15, 0.2) is 0 Å². The van der Waals surface area contributed by atoms with Crippen LogP contribution >= 0.6 is 0 Å². The van der Waals surface area contributed by atoms with Crippen LogP contribution in [-0.2, 0) is 4.74 Å². The predicted molar refractivity (Wildman–Crippen MR) is 122 cm³/mol. The van der Waals surface area contributed by atoms with Crippen molar-refractivity contribution in [2.75, 3.05) is 42.9 Å². The van der Waals surface area contributed by atoms with Crippen LogP contribution in [0.5, 0.6) is 0 Å². The number of nitrogens with one attached hydrogen (secondary N) is 1. The van der Waals surface area contributed by atoms with Crippen LogP contribution in [0.25, 0.3) is 0 Å². The molecule has 0 bridgehead atoms. The SMILES string of the molecule is CCNc1ccc(C2CCN(C(=O)OC(C)(C)C)CC2)cc1N(CC)C(C)CN. The Bertz CT molecular complexity index is 663. The second-order valence-electron chi connectivity index (χ2n) is 8.92. The molecule has 2 rings (SSSR count). The van der Waals surface area contributed by atoms with Gasteiger partial charge in [-0.1, -0.05) is 6.07 Å². The molecule has 1 unspecified atom stereocenters. The zero-order valence-corrected chi connectivity index (χ0v) is 19.1. The Hall–Kier alpha value is -1.95. The number of likely N-dealkylation sites (tertiary alicyclic amines) is 1. The van der Waals surface area contributed by atoms with Gasteiger partial charge in [-0.25, -0.2) is 4.79 Å². The van der Waals surface area contributed by atoms with Crippen LogP contribution in [0.15, 0.2) is 18.2 Å². The average Bonchev–Trinajstić information content (AvgIpc) is 2.68. The molecule has 1 saturated heterocycles. The van der Waals surface area contributed by atoms with Crippen molar-refractivity contribution in [3.8, 4) is 0 Å². The van der Waals surface area contributed by atoms with Crippen LogP contribution in [0.4, 0.5) is 16.2 Å². The van der Waals surface area contributed by atoms with Gasteiger partial charge >= 0.3 is 6.09 Å². The fraction of sp³-hybridized carbons (Fsp3) is 0.696. The highest BCUT2D eigenvalue weighted by Crippen LogP contribution is 2.35. The Kier molecular flexibility index (Phi) is 8.20. The summed E-state index contributed by atoms with van der Waals surface area (Å²) < 4.78 is 5.52. The van der Waals surface area contributed by atoms with Crippen LogP contribution < -0.4 is 16.0 Å². The van der Waals surface area contributed by atoms with Crippen molar-refractivity contribution in [3.63, 3.8) is 0 Å². The topological polar surface area (TPSA) is 70.8 Å². The number of nitrogens with zero attached hydrogens (tertiary/aromatic N) is 2. The molecule has 6 nitrogen and oxygen atoms in total. The summed E-state index contributed by atoms with van der Waals surface area (Å²) in [4.78, 5) is 16.6. The first-order valence-electron chi connectivity index (χ1n) is 11.0. The summed E-state index contributed by atoms with van der Waals surface area (Å²) in [7, 11) is 0. The Morgan fingerprint density at radius 1 is 1.31 bits per heavy atom. The maximum Gasteiger partial charge on any atom is 0.410 e.